The number of anilines is 1. The number of carbonyl (C=O) groups excluding carboxylic acids is 1. The van der Waals surface area contributed by atoms with Crippen LogP contribution in [0.15, 0.2) is 21.2 Å². The van der Waals surface area contributed by atoms with E-state index in [1.54, 1.807) is 13.1 Å². The van der Waals surface area contributed by atoms with Crippen molar-refractivity contribution in [1.82, 2.24) is 4.98 Å². The minimum Gasteiger partial charge on any atom is -0.465 e. The zero-order valence-electron chi connectivity index (χ0n) is 8.09. The van der Waals surface area contributed by atoms with Gasteiger partial charge in [0.15, 0.2) is 0 Å². The predicted molar refractivity (Wildman–Crippen MR) is 64.8 cm³/mol. The van der Waals surface area contributed by atoms with Crippen LogP contribution in [0.1, 0.15) is 6.92 Å². The van der Waals surface area contributed by atoms with Crippen molar-refractivity contribution in [3.8, 4) is 0 Å². The third-order valence-corrected chi connectivity index (χ3v) is 2.55. The van der Waals surface area contributed by atoms with Crippen LogP contribution in [0.25, 0.3) is 0 Å². The summed E-state index contributed by atoms with van der Waals surface area (Å²) in [5, 5.41) is 2.87. The highest BCUT2D eigenvalue weighted by Gasteiger charge is 2.05. The molecule has 1 aromatic heterocycles. The predicted octanol–water partition coefficient (Wildman–Crippen LogP) is 2.58. The number of nitrogens with one attached hydrogen (secondary N) is 1. The van der Waals surface area contributed by atoms with Crippen molar-refractivity contribution in [3.05, 3.63) is 21.2 Å². The van der Waals surface area contributed by atoms with Gasteiger partial charge in [0.2, 0.25) is 0 Å². The molecule has 0 unspecified atom stereocenters. The Morgan fingerprint density at radius 1 is 1.60 bits per heavy atom. The Balaban J connectivity index is 2.54. The number of hydrogen-bond donors (Lipinski definition) is 1. The first kappa shape index (κ1) is 12.4. The van der Waals surface area contributed by atoms with Crippen LogP contribution in [0, 0.1) is 0 Å². The SMILES string of the molecule is CCOC(=O)CNc1ncc(Br)cc1Br. The lowest BCUT2D eigenvalue weighted by atomic mass is 10.4. The lowest BCUT2D eigenvalue weighted by molar-refractivity contribution is -0.140. The molecular weight excluding hydrogens is 328 g/mol. The molecule has 1 heterocycles. The number of hydrogen-bond acceptors (Lipinski definition) is 4. The molecule has 1 aromatic rings. The van der Waals surface area contributed by atoms with Gasteiger partial charge in [0.25, 0.3) is 0 Å². The van der Waals surface area contributed by atoms with Crippen LogP contribution in [0.3, 0.4) is 0 Å². The highest BCUT2D eigenvalue weighted by atomic mass is 79.9. The lowest BCUT2D eigenvalue weighted by Gasteiger charge is -2.06. The molecule has 4 nitrogen and oxygen atoms in total. The number of halogens is 2. The molecule has 0 fully saturated rings. The molecule has 1 rings (SSSR count). The molecular formula is C9H10Br2N2O2. The Kier molecular flexibility index (Phi) is 5.04. The highest BCUT2D eigenvalue weighted by molar-refractivity contribution is 9.11. The van der Waals surface area contributed by atoms with E-state index in [-0.39, 0.29) is 12.5 Å². The maximum absolute atomic E-state index is 11.1. The Hall–Kier alpha value is -0.620. The molecule has 6 heteroatoms. The second kappa shape index (κ2) is 6.07. The molecule has 0 aliphatic carbocycles. The maximum atomic E-state index is 11.1. The van der Waals surface area contributed by atoms with Gasteiger partial charge in [-0.25, -0.2) is 4.98 Å². The molecule has 0 bridgehead atoms. The summed E-state index contributed by atoms with van der Waals surface area (Å²) in [5.41, 5.74) is 0. The largest absolute Gasteiger partial charge is 0.465 e. The first-order valence-electron chi connectivity index (χ1n) is 4.34. The second-order valence-corrected chi connectivity index (χ2v) is 4.41. The minimum absolute atomic E-state index is 0.112. The van der Waals surface area contributed by atoms with Crippen LogP contribution < -0.4 is 5.32 Å². The van der Waals surface area contributed by atoms with E-state index < -0.39 is 0 Å². The van der Waals surface area contributed by atoms with E-state index in [4.69, 9.17) is 4.74 Å². The molecule has 0 amide bonds. The van der Waals surface area contributed by atoms with Gasteiger partial charge in [-0.05, 0) is 44.8 Å². The lowest BCUT2D eigenvalue weighted by Crippen LogP contribution is -2.17. The van der Waals surface area contributed by atoms with Crippen LogP contribution in [0.5, 0.6) is 0 Å². The Morgan fingerprint density at radius 2 is 2.33 bits per heavy atom. The first-order valence-corrected chi connectivity index (χ1v) is 5.92. The van der Waals surface area contributed by atoms with Gasteiger partial charge in [-0.15, -0.1) is 0 Å². The smallest absolute Gasteiger partial charge is 0.325 e. The summed E-state index contributed by atoms with van der Waals surface area (Å²) < 4.78 is 6.44. The van der Waals surface area contributed by atoms with Crippen molar-refractivity contribution in [2.45, 2.75) is 6.92 Å². The summed E-state index contributed by atoms with van der Waals surface area (Å²) >= 11 is 6.62. The summed E-state index contributed by atoms with van der Waals surface area (Å²) in [6, 6.07) is 1.85. The first-order chi connectivity index (χ1) is 7.13. The molecule has 0 aromatic carbocycles. The van der Waals surface area contributed by atoms with Crippen molar-refractivity contribution in [2.75, 3.05) is 18.5 Å². The van der Waals surface area contributed by atoms with Crippen LogP contribution in [0.4, 0.5) is 5.82 Å². The van der Waals surface area contributed by atoms with Gasteiger partial charge in [-0.1, -0.05) is 0 Å². The van der Waals surface area contributed by atoms with Crippen molar-refractivity contribution in [2.24, 2.45) is 0 Å². The van der Waals surface area contributed by atoms with E-state index >= 15 is 0 Å². The third-order valence-electron chi connectivity index (χ3n) is 1.51. The van der Waals surface area contributed by atoms with Gasteiger partial charge < -0.3 is 10.1 Å². The molecule has 1 N–H and O–H groups in total. The molecule has 0 spiro atoms. The Labute approximate surface area is 105 Å². The average molecular weight is 338 g/mol. The number of esters is 1. The van der Waals surface area contributed by atoms with Crippen LogP contribution in [-0.2, 0) is 9.53 Å². The summed E-state index contributed by atoms with van der Waals surface area (Å²) in [4.78, 5) is 15.2. The molecule has 0 atom stereocenters. The summed E-state index contributed by atoms with van der Waals surface area (Å²) in [7, 11) is 0. The summed E-state index contributed by atoms with van der Waals surface area (Å²) in [5.74, 6) is 0.320. The highest BCUT2D eigenvalue weighted by Crippen LogP contribution is 2.23. The average Bonchev–Trinajstić information content (AvgIpc) is 2.17. The topological polar surface area (TPSA) is 51.2 Å². The maximum Gasteiger partial charge on any atom is 0.325 e. The molecule has 82 valence electrons. The number of aromatic nitrogens is 1. The van der Waals surface area contributed by atoms with Crippen molar-refractivity contribution in [3.63, 3.8) is 0 Å². The van der Waals surface area contributed by atoms with E-state index in [0.29, 0.717) is 12.4 Å². The van der Waals surface area contributed by atoms with Gasteiger partial charge in [-0.3, -0.25) is 4.79 Å². The third kappa shape index (κ3) is 4.17. The fraction of sp³-hybridized carbons (Fsp3) is 0.333. The minimum atomic E-state index is -0.297. The van der Waals surface area contributed by atoms with Crippen LogP contribution >= 0.6 is 31.9 Å². The van der Waals surface area contributed by atoms with Crippen LogP contribution in [0.2, 0.25) is 0 Å². The number of rotatable bonds is 4. The zero-order chi connectivity index (χ0) is 11.3. The van der Waals surface area contributed by atoms with E-state index in [2.05, 4.69) is 42.2 Å². The number of ether oxygens (including phenoxy) is 1. The quantitative estimate of drug-likeness (QED) is 0.858. The number of carbonyl (C=O) groups is 1. The Morgan fingerprint density at radius 3 is 2.93 bits per heavy atom. The monoisotopic (exact) mass is 336 g/mol. The standard InChI is InChI=1S/C9H10Br2N2O2/c1-2-15-8(14)5-13-9-7(11)3-6(10)4-12-9/h3-4H,2,5H2,1H3,(H,12,13). The Bertz CT molecular complexity index is 358. The van der Waals surface area contributed by atoms with Crippen molar-refractivity contribution >= 4 is 43.6 Å². The number of pyridine rings is 1. The van der Waals surface area contributed by atoms with E-state index in [1.165, 1.54) is 0 Å². The molecule has 15 heavy (non-hydrogen) atoms. The van der Waals surface area contributed by atoms with E-state index in [0.717, 1.165) is 8.95 Å². The van der Waals surface area contributed by atoms with E-state index in [9.17, 15) is 4.79 Å². The second-order valence-electron chi connectivity index (χ2n) is 2.64. The fourth-order valence-electron chi connectivity index (χ4n) is 0.913. The number of nitrogens with zero attached hydrogens (tertiary/aromatic N) is 1. The van der Waals surface area contributed by atoms with Gasteiger partial charge >= 0.3 is 5.97 Å². The van der Waals surface area contributed by atoms with Gasteiger partial charge in [0.1, 0.15) is 12.4 Å². The van der Waals surface area contributed by atoms with Crippen molar-refractivity contribution in [1.29, 1.82) is 0 Å². The van der Waals surface area contributed by atoms with Gasteiger partial charge in [-0.2, -0.15) is 0 Å². The molecule has 0 saturated heterocycles. The summed E-state index contributed by atoms with van der Waals surface area (Å²) in [6.07, 6.45) is 1.65. The fourth-order valence-corrected chi connectivity index (χ4v) is 2.04. The molecule has 0 radical (unpaired) electrons. The molecule has 0 saturated carbocycles. The van der Waals surface area contributed by atoms with Crippen LogP contribution in [-0.4, -0.2) is 24.1 Å². The normalized spacial score (nSPS) is 9.80. The molecule has 0 aliphatic heterocycles. The summed E-state index contributed by atoms with van der Waals surface area (Å²) in [6.45, 7) is 2.27. The van der Waals surface area contributed by atoms with Crippen molar-refractivity contribution < 1.29 is 9.53 Å². The molecule has 0 aliphatic rings. The zero-order valence-corrected chi connectivity index (χ0v) is 11.3. The van der Waals surface area contributed by atoms with Gasteiger partial charge in [0.05, 0.1) is 11.1 Å². The van der Waals surface area contributed by atoms with Gasteiger partial charge in [0, 0.05) is 10.7 Å². The van der Waals surface area contributed by atoms with E-state index in [1.807, 2.05) is 6.07 Å².